The number of hydrogen-bond donors (Lipinski definition) is 2. The van der Waals surface area contributed by atoms with Gasteiger partial charge in [0, 0.05) is 0 Å². The van der Waals surface area contributed by atoms with E-state index < -0.39 is 5.82 Å². The smallest absolute Gasteiger partial charge is 0.318 e. The second-order valence-electron chi connectivity index (χ2n) is 3.63. The van der Waals surface area contributed by atoms with Gasteiger partial charge >= 0.3 is 6.01 Å². The van der Waals surface area contributed by atoms with Gasteiger partial charge in [0.2, 0.25) is 0 Å². The fraction of sp³-hybridized carbons (Fsp3) is 0.167. The molecular weight excluding hydrogens is 251 g/mol. The molecule has 0 saturated heterocycles. The fourth-order valence-electron chi connectivity index (χ4n) is 1.43. The molecule has 7 heteroatoms. The molecule has 0 aliphatic carbocycles. The lowest BCUT2D eigenvalue weighted by Gasteiger charge is -2.07. The number of aromatic nitrogens is 2. The van der Waals surface area contributed by atoms with Crippen molar-refractivity contribution in [2.75, 3.05) is 12.5 Å². The molecule has 2 aromatic rings. The van der Waals surface area contributed by atoms with E-state index >= 15 is 0 Å². The quantitative estimate of drug-likeness (QED) is 0.629. The van der Waals surface area contributed by atoms with Crippen LogP contribution in [0.4, 0.5) is 10.2 Å². The van der Waals surface area contributed by atoms with Crippen LogP contribution in [0.5, 0.6) is 11.8 Å². The molecule has 1 aromatic heterocycles. The summed E-state index contributed by atoms with van der Waals surface area (Å²) in [7, 11) is 1.59. The Kier molecular flexibility index (Phi) is 4.09. The van der Waals surface area contributed by atoms with Gasteiger partial charge in [0.15, 0.2) is 11.6 Å². The summed E-state index contributed by atoms with van der Waals surface area (Å²) in [4.78, 5) is 7.48. The van der Waals surface area contributed by atoms with E-state index in [-0.39, 0.29) is 18.4 Å². The minimum atomic E-state index is -0.642. The Morgan fingerprint density at radius 1 is 1.42 bits per heavy atom. The fourth-order valence-corrected chi connectivity index (χ4v) is 1.43. The van der Waals surface area contributed by atoms with E-state index in [0.717, 1.165) is 17.5 Å². The Bertz CT molecular complexity index is 565. The third kappa shape index (κ3) is 3.29. The molecule has 3 N–H and O–H groups in total. The van der Waals surface area contributed by atoms with Crippen molar-refractivity contribution >= 4 is 5.82 Å². The molecule has 0 aliphatic rings. The summed E-state index contributed by atoms with van der Waals surface area (Å²) in [6.07, 6.45) is 0.989. The van der Waals surface area contributed by atoms with E-state index in [2.05, 4.69) is 15.4 Å². The number of methoxy groups -OCH3 is 1. The van der Waals surface area contributed by atoms with E-state index in [4.69, 9.17) is 15.3 Å². The summed E-state index contributed by atoms with van der Waals surface area (Å²) in [5.41, 5.74) is 3.01. The first-order valence-corrected chi connectivity index (χ1v) is 5.48. The van der Waals surface area contributed by atoms with Crippen LogP contribution in [0.2, 0.25) is 0 Å². The molecule has 0 spiro atoms. The van der Waals surface area contributed by atoms with Crippen LogP contribution < -0.4 is 20.7 Å². The predicted molar refractivity (Wildman–Crippen MR) is 67.1 cm³/mol. The second kappa shape index (κ2) is 5.96. The van der Waals surface area contributed by atoms with Crippen molar-refractivity contribution in [3.63, 3.8) is 0 Å². The zero-order chi connectivity index (χ0) is 13.7. The topological polar surface area (TPSA) is 82.3 Å². The molecule has 0 amide bonds. The minimum Gasteiger partial charge on any atom is -0.497 e. The minimum absolute atomic E-state index is 0.0390. The molecule has 2 rings (SSSR count). The van der Waals surface area contributed by atoms with E-state index in [0.29, 0.717) is 0 Å². The number of hydrazine groups is 1. The number of hydrogen-bond acceptors (Lipinski definition) is 6. The molecule has 6 nitrogen and oxygen atoms in total. The number of benzene rings is 1. The van der Waals surface area contributed by atoms with Crippen molar-refractivity contribution in [3.8, 4) is 11.8 Å². The monoisotopic (exact) mass is 264 g/mol. The predicted octanol–water partition coefficient (Wildman–Crippen LogP) is 1.49. The maximum Gasteiger partial charge on any atom is 0.318 e. The zero-order valence-corrected chi connectivity index (χ0v) is 10.3. The third-order valence-electron chi connectivity index (χ3n) is 2.36. The SMILES string of the molecule is COc1cccc(COc2ncc(F)c(NN)n2)c1. The first-order valence-electron chi connectivity index (χ1n) is 5.48. The molecule has 100 valence electrons. The number of nitrogens with two attached hydrogens (primary N) is 1. The molecule has 0 bridgehead atoms. The average Bonchev–Trinajstić information content (AvgIpc) is 2.46. The first-order chi connectivity index (χ1) is 9.22. The number of halogens is 1. The Labute approximate surface area is 109 Å². The molecule has 19 heavy (non-hydrogen) atoms. The van der Waals surface area contributed by atoms with Crippen LogP contribution in [0.15, 0.2) is 30.5 Å². The average molecular weight is 264 g/mol. The van der Waals surface area contributed by atoms with Crippen molar-refractivity contribution in [2.24, 2.45) is 5.84 Å². The van der Waals surface area contributed by atoms with Gasteiger partial charge in [-0.1, -0.05) is 12.1 Å². The van der Waals surface area contributed by atoms with Crippen molar-refractivity contribution in [2.45, 2.75) is 6.61 Å². The summed E-state index contributed by atoms with van der Waals surface area (Å²) < 4.78 is 23.5. The molecule has 0 saturated carbocycles. The molecular formula is C12H13FN4O2. The van der Waals surface area contributed by atoms with E-state index in [1.807, 2.05) is 24.3 Å². The number of nitrogens with one attached hydrogen (secondary N) is 1. The van der Waals surface area contributed by atoms with Crippen LogP contribution in [0.25, 0.3) is 0 Å². The van der Waals surface area contributed by atoms with Gasteiger partial charge in [-0.2, -0.15) is 4.98 Å². The van der Waals surface area contributed by atoms with Crippen molar-refractivity contribution in [1.29, 1.82) is 0 Å². The summed E-state index contributed by atoms with van der Waals surface area (Å²) in [5.74, 6) is 5.08. The Morgan fingerprint density at radius 3 is 3.00 bits per heavy atom. The normalized spacial score (nSPS) is 10.1. The third-order valence-corrected chi connectivity index (χ3v) is 2.36. The molecule has 0 unspecified atom stereocenters. The van der Waals surface area contributed by atoms with Gasteiger partial charge in [-0.25, -0.2) is 15.2 Å². The molecule has 0 fully saturated rings. The van der Waals surface area contributed by atoms with Crippen LogP contribution in [0, 0.1) is 5.82 Å². The van der Waals surface area contributed by atoms with Gasteiger partial charge in [0.25, 0.3) is 0 Å². The summed E-state index contributed by atoms with van der Waals surface area (Å²) in [6, 6.07) is 7.40. The maximum absolute atomic E-state index is 13.1. The van der Waals surface area contributed by atoms with Gasteiger partial charge < -0.3 is 14.9 Å². The van der Waals surface area contributed by atoms with Crippen LogP contribution >= 0.6 is 0 Å². The first kappa shape index (κ1) is 13.0. The molecule has 0 atom stereocenters. The van der Waals surface area contributed by atoms with Crippen molar-refractivity contribution in [1.82, 2.24) is 9.97 Å². The molecule has 0 radical (unpaired) electrons. The number of ether oxygens (including phenoxy) is 2. The van der Waals surface area contributed by atoms with Gasteiger partial charge in [0.05, 0.1) is 13.3 Å². The van der Waals surface area contributed by atoms with Crippen molar-refractivity contribution in [3.05, 3.63) is 41.8 Å². The van der Waals surface area contributed by atoms with Crippen LogP contribution in [-0.2, 0) is 6.61 Å². The number of rotatable bonds is 5. The van der Waals surface area contributed by atoms with Crippen LogP contribution in [-0.4, -0.2) is 17.1 Å². The van der Waals surface area contributed by atoms with Crippen molar-refractivity contribution < 1.29 is 13.9 Å². The van der Waals surface area contributed by atoms with Gasteiger partial charge in [-0.3, -0.25) is 0 Å². The van der Waals surface area contributed by atoms with Crippen LogP contribution in [0.3, 0.4) is 0 Å². The highest BCUT2D eigenvalue weighted by Crippen LogP contribution is 2.16. The lowest BCUT2D eigenvalue weighted by molar-refractivity contribution is 0.279. The van der Waals surface area contributed by atoms with E-state index in [1.54, 1.807) is 7.11 Å². The zero-order valence-electron chi connectivity index (χ0n) is 10.3. The molecule has 1 heterocycles. The lowest BCUT2D eigenvalue weighted by atomic mass is 10.2. The number of nitrogens with zero attached hydrogens (tertiary/aromatic N) is 2. The number of anilines is 1. The van der Waals surface area contributed by atoms with Gasteiger partial charge in [-0.05, 0) is 17.7 Å². The highest BCUT2D eigenvalue weighted by Gasteiger charge is 2.06. The number of nitrogen functional groups attached to an aromatic ring is 1. The molecule has 1 aromatic carbocycles. The standard InChI is InChI=1S/C12H13FN4O2/c1-18-9-4-2-3-8(5-9)7-19-12-15-6-10(13)11(16-12)17-14/h2-6H,7,14H2,1H3,(H,15,16,17). The van der Waals surface area contributed by atoms with Crippen LogP contribution in [0.1, 0.15) is 5.56 Å². The Balaban J connectivity index is 2.05. The second-order valence-corrected chi connectivity index (χ2v) is 3.63. The molecule has 0 aliphatic heterocycles. The van der Waals surface area contributed by atoms with E-state index in [9.17, 15) is 4.39 Å². The highest BCUT2D eigenvalue weighted by molar-refractivity contribution is 5.34. The summed E-state index contributed by atoms with van der Waals surface area (Å²) >= 11 is 0. The maximum atomic E-state index is 13.1. The largest absolute Gasteiger partial charge is 0.497 e. The van der Waals surface area contributed by atoms with E-state index in [1.165, 1.54) is 0 Å². The summed E-state index contributed by atoms with van der Waals surface area (Å²) in [6.45, 7) is 0.243. The summed E-state index contributed by atoms with van der Waals surface area (Å²) in [5, 5.41) is 0. The highest BCUT2D eigenvalue weighted by atomic mass is 19.1. The Morgan fingerprint density at radius 2 is 2.26 bits per heavy atom. The Hall–Kier alpha value is -2.41. The van der Waals surface area contributed by atoms with Gasteiger partial charge in [-0.15, -0.1) is 0 Å². The van der Waals surface area contributed by atoms with Gasteiger partial charge in [0.1, 0.15) is 12.4 Å². The lowest BCUT2D eigenvalue weighted by Crippen LogP contribution is -2.12.